The molecule has 0 saturated heterocycles. The number of hydrogen-bond acceptors (Lipinski definition) is 6. The number of benzene rings is 1. The normalized spacial score (nSPS) is 10.4. The van der Waals surface area contributed by atoms with Gasteiger partial charge in [-0.1, -0.05) is 5.16 Å². The van der Waals surface area contributed by atoms with Gasteiger partial charge in [0, 0.05) is 18.7 Å². The predicted octanol–water partition coefficient (Wildman–Crippen LogP) is 2.61. The van der Waals surface area contributed by atoms with Crippen molar-refractivity contribution in [1.29, 1.82) is 0 Å². The van der Waals surface area contributed by atoms with E-state index in [0.717, 1.165) is 0 Å². The van der Waals surface area contributed by atoms with Crippen molar-refractivity contribution in [2.24, 2.45) is 0 Å². The van der Waals surface area contributed by atoms with Crippen molar-refractivity contribution in [2.75, 3.05) is 14.2 Å². The predicted molar refractivity (Wildman–Crippen MR) is 74.5 cm³/mol. The zero-order valence-electron chi connectivity index (χ0n) is 12.2. The number of ketones is 1. The molecule has 0 atom stereocenters. The molecule has 112 valence electrons. The first-order chi connectivity index (χ1) is 10.1. The van der Waals surface area contributed by atoms with Crippen molar-refractivity contribution >= 4 is 5.78 Å². The van der Waals surface area contributed by atoms with E-state index in [1.165, 1.54) is 14.0 Å². The lowest BCUT2D eigenvalue weighted by molar-refractivity contribution is 0.101. The molecular weight excluding hydrogens is 274 g/mol. The fourth-order valence-corrected chi connectivity index (χ4v) is 1.79. The van der Waals surface area contributed by atoms with Crippen molar-refractivity contribution < 1.29 is 23.5 Å². The van der Waals surface area contributed by atoms with E-state index in [1.807, 2.05) is 0 Å². The molecule has 0 unspecified atom stereocenters. The number of carbonyl (C=O) groups excluding carboxylic acids is 1. The van der Waals surface area contributed by atoms with Gasteiger partial charge in [0.1, 0.15) is 18.9 Å². The number of hydrogen-bond donors (Lipinski definition) is 0. The molecule has 6 nitrogen and oxygen atoms in total. The van der Waals surface area contributed by atoms with Crippen LogP contribution in [0.5, 0.6) is 11.5 Å². The van der Waals surface area contributed by atoms with Gasteiger partial charge in [-0.3, -0.25) is 4.79 Å². The highest BCUT2D eigenvalue weighted by atomic mass is 16.5. The van der Waals surface area contributed by atoms with E-state index in [-0.39, 0.29) is 12.4 Å². The van der Waals surface area contributed by atoms with Crippen molar-refractivity contribution in [2.45, 2.75) is 20.1 Å². The van der Waals surface area contributed by atoms with E-state index >= 15 is 0 Å². The molecule has 6 heteroatoms. The molecule has 2 aromatic rings. The Morgan fingerprint density at radius 3 is 2.67 bits per heavy atom. The third kappa shape index (κ3) is 3.82. The highest BCUT2D eigenvalue weighted by molar-refractivity contribution is 5.94. The molecule has 0 N–H and O–H groups in total. The summed E-state index contributed by atoms with van der Waals surface area (Å²) in [5, 5.41) is 3.88. The van der Waals surface area contributed by atoms with Gasteiger partial charge < -0.3 is 18.7 Å². The summed E-state index contributed by atoms with van der Waals surface area (Å²) in [5.41, 5.74) is 1.22. The van der Waals surface area contributed by atoms with Gasteiger partial charge in [0.2, 0.25) is 0 Å². The number of Topliss-reactive ketones (excluding diaryl/α,β-unsaturated/α-hetero) is 1. The van der Waals surface area contributed by atoms with Crippen molar-refractivity contribution in [1.82, 2.24) is 5.16 Å². The van der Waals surface area contributed by atoms with Crippen LogP contribution < -0.4 is 9.47 Å². The van der Waals surface area contributed by atoms with Crippen LogP contribution in [0.3, 0.4) is 0 Å². The maximum Gasteiger partial charge on any atom is 0.162 e. The van der Waals surface area contributed by atoms with Crippen LogP contribution in [0.25, 0.3) is 0 Å². The lowest BCUT2D eigenvalue weighted by Gasteiger charge is -2.10. The van der Waals surface area contributed by atoms with E-state index in [9.17, 15) is 4.79 Å². The van der Waals surface area contributed by atoms with Crippen molar-refractivity contribution in [3.8, 4) is 11.5 Å². The third-order valence-electron chi connectivity index (χ3n) is 2.84. The van der Waals surface area contributed by atoms with Crippen LogP contribution in [-0.4, -0.2) is 25.2 Å². The zero-order valence-corrected chi connectivity index (χ0v) is 12.2. The molecule has 0 aliphatic heterocycles. The Balaban J connectivity index is 2.06. The molecule has 0 bridgehead atoms. The second-order valence-corrected chi connectivity index (χ2v) is 4.43. The monoisotopic (exact) mass is 291 g/mol. The Hall–Kier alpha value is -2.34. The van der Waals surface area contributed by atoms with Crippen LogP contribution in [0.1, 0.15) is 28.7 Å². The SMILES string of the molecule is COCc1cc(COc2ccc(C(C)=O)cc2OC)no1. The summed E-state index contributed by atoms with van der Waals surface area (Å²) >= 11 is 0. The fourth-order valence-electron chi connectivity index (χ4n) is 1.79. The van der Waals surface area contributed by atoms with Gasteiger partial charge in [-0.05, 0) is 25.1 Å². The number of aromatic nitrogens is 1. The first-order valence-electron chi connectivity index (χ1n) is 6.39. The van der Waals surface area contributed by atoms with Crippen LogP contribution in [0.2, 0.25) is 0 Å². The summed E-state index contributed by atoms with van der Waals surface area (Å²) in [4.78, 5) is 11.3. The largest absolute Gasteiger partial charge is 0.493 e. The minimum atomic E-state index is -0.0273. The van der Waals surface area contributed by atoms with Crippen LogP contribution >= 0.6 is 0 Å². The fraction of sp³-hybridized carbons (Fsp3) is 0.333. The highest BCUT2D eigenvalue weighted by Crippen LogP contribution is 2.29. The second-order valence-electron chi connectivity index (χ2n) is 4.43. The van der Waals surface area contributed by atoms with Gasteiger partial charge in [0.05, 0.1) is 7.11 Å². The molecule has 0 aliphatic rings. The molecule has 0 aliphatic carbocycles. The number of rotatable bonds is 7. The maximum absolute atomic E-state index is 11.3. The summed E-state index contributed by atoms with van der Waals surface area (Å²) in [5.74, 6) is 1.65. The lowest BCUT2D eigenvalue weighted by atomic mass is 10.1. The topological polar surface area (TPSA) is 70.8 Å². The Morgan fingerprint density at radius 2 is 2.00 bits per heavy atom. The van der Waals surface area contributed by atoms with E-state index in [0.29, 0.717) is 35.1 Å². The quantitative estimate of drug-likeness (QED) is 0.730. The molecular formula is C15H17NO5. The van der Waals surface area contributed by atoms with E-state index in [1.54, 1.807) is 31.4 Å². The average molecular weight is 291 g/mol. The first kappa shape index (κ1) is 15.1. The molecule has 1 aromatic carbocycles. The minimum absolute atomic E-state index is 0.0273. The summed E-state index contributed by atoms with van der Waals surface area (Å²) in [7, 11) is 3.11. The van der Waals surface area contributed by atoms with Crippen LogP contribution in [0.15, 0.2) is 28.8 Å². The van der Waals surface area contributed by atoms with Crippen LogP contribution in [-0.2, 0) is 18.0 Å². The minimum Gasteiger partial charge on any atom is -0.493 e. The van der Waals surface area contributed by atoms with Crippen molar-refractivity contribution in [3.05, 3.63) is 41.3 Å². The van der Waals surface area contributed by atoms with Gasteiger partial charge in [0.15, 0.2) is 23.0 Å². The maximum atomic E-state index is 11.3. The molecule has 2 rings (SSSR count). The van der Waals surface area contributed by atoms with Crippen LogP contribution in [0.4, 0.5) is 0 Å². The second kappa shape index (κ2) is 6.90. The summed E-state index contributed by atoms with van der Waals surface area (Å²) in [6, 6.07) is 6.81. The van der Waals surface area contributed by atoms with E-state index < -0.39 is 0 Å². The number of carbonyl (C=O) groups is 1. The third-order valence-corrected chi connectivity index (χ3v) is 2.84. The molecule has 1 heterocycles. The van der Waals surface area contributed by atoms with E-state index in [4.69, 9.17) is 18.7 Å². The summed E-state index contributed by atoms with van der Waals surface area (Å²) < 4.78 is 20.9. The molecule has 0 saturated carbocycles. The Kier molecular flexibility index (Phi) is 4.94. The van der Waals surface area contributed by atoms with Gasteiger partial charge in [-0.2, -0.15) is 0 Å². The number of methoxy groups -OCH3 is 2. The standard InChI is InChI=1S/C15H17NO5/c1-10(17)11-4-5-14(15(6-11)19-3)20-8-12-7-13(9-18-2)21-16-12/h4-7H,8-9H2,1-3H3. The molecule has 0 radical (unpaired) electrons. The molecule has 1 aromatic heterocycles. The summed E-state index contributed by atoms with van der Waals surface area (Å²) in [6.45, 7) is 2.11. The van der Waals surface area contributed by atoms with E-state index in [2.05, 4.69) is 5.16 Å². The Bertz CT molecular complexity index is 620. The number of nitrogens with zero attached hydrogens (tertiary/aromatic N) is 1. The molecule has 0 fully saturated rings. The first-order valence-corrected chi connectivity index (χ1v) is 6.39. The van der Waals surface area contributed by atoms with Gasteiger partial charge in [0.25, 0.3) is 0 Å². The zero-order chi connectivity index (χ0) is 15.2. The van der Waals surface area contributed by atoms with Gasteiger partial charge in [-0.25, -0.2) is 0 Å². The smallest absolute Gasteiger partial charge is 0.162 e. The number of ether oxygens (including phenoxy) is 3. The molecule has 21 heavy (non-hydrogen) atoms. The van der Waals surface area contributed by atoms with Gasteiger partial charge >= 0.3 is 0 Å². The van der Waals surface area contributed by atoms with Gasteiger partial charge in [-0.15, -0.1) is 0 Å². The lowest BCUT2D eigenvalue weighted by Crippen LogP contribution is -2.00. The summed E-state index contributed by atoms with van der Waals surface area (Å²) in [6.07, 6.45) is 0. The van der Waals surface area contributed by atoms with Crippen molar-refractivity contribution in [3.63, 3.8) is 0 Å². The molecule has 0 spiro atoms. The average Bonchev–Trinajstić information content (AvgIpc) is 2.93. The van der Waals surface area contributed by atoms with Crippen LogP contribution in [0, 0.1) is 0 Å². The molecule has 0 amide bonds. The highest BCUT2D eigenvalue weighted by Gasteiger charge is 2.10. The Labute approximate surface area is 122 Å². The Morgan fingerprint density at radius 1 is 1.19 bits per heavy atom.